The van der Waals surface area contributed by atoms with Crippen LogP contribution in [0.5, 0.6) is 0 Å². The van der Waals surface area contributed by atoms with E-state index in [1.807, 2.05) is 12.1 Å². The predicted molar refractivity (Wildman–Crippen MR) is 92.3 cm³/mol. The molecule has 0 saturated carbocycles. The molecular weight excluding hydrogens is 308 g/mol. The molecule has 0 aliphatic heterocycles. The molecule has 6 nitrogen and oxygen atoms in total. The number of aliphatic hydroxyl groups excluding tert-OH is 1. The van der Waals surface area contributed by atoms with E-state index in [0.717, 1.165) is 5.56 Å². The maximum absolute atomic E-state index is 12.2. The molecule has 0 aliphatic rings. The Kier molecular flexibility index (Phi) is 6.33. The highest BCUT2D eigenvalue weighted by molar-refractivity contribution is 6.05. The van der Waals surface area contributed by atoms with Crippen molar-refractivity contribution < 1.29 is 19.4 Å². The first-order valence-electron chi connectivity index (χ1n) is 7.68. The summed E-state index contributed by atoms with van der Waals surface area (Å²) in [7, 11) is 0. The van der Waals surface area contributed by atoms with E-state index in [-0.39, 0.29) is 18.8 Å². The lowest BCUT2D eigenvalue weighted by Gasteiger charge is -2.13. The van der Waals surface area contributed by atoms with Crippen molar-refractivity contribution >= 4 is 23.4 Å². The second-order valence-corrected chi connectivity index (χ2v) is 4.98. The van der Waals surface area contributed by atoms with Crippen molar-refractivity contribution in [3.63, 3.8) is 0 Å². The zero-order chi connectivity index (χ0) is 17.4. The maximum atomic E-state index is 12.2. The van der Waals surface area contributed by atoms with Gasteiger partial charge in [-0.05, 0) is 37.1 Å². The highest BCUT2D eigenvalue weighted by atomic mass is 16.5. The molecule has 0 unspecified atom stereocenters. The Bertz CT molecular complexity index is 716. The van der Waals surface area contributed by atoms with Crippen LogP contribution < -0.4 is 10.6 Å². The van der Waals surface area contributed by atoms with Crippen molar-refractivity contribution in [3.8, 4) is 0 Å². The molecule has 0 aromatic heterocycles. The largest absolute Gasteiger partial charge is 0.462 e. The first kappa shape index (κ1) is 17.5. The van der Waals surface area contributed by atoms with E-state index in [1.165, 1.54) is 0 Å². The zero-order valence-electron chi connectivity index (χ0n) is 13.4. The summed E-state index contributed by atoms with van der Waals surface area (Å²) < 4.78 is 4.98. The van der Waals surface area contributed by atoms with Crippen molar-refractivity contribution in [2.24, 2.45) is 0 Å². The topological polar surface area (TPSA) is 87.7 Å². The summed E-state index contributed by atoms with van der Waals surface area (Å²) in [6, 6.07) is 13.4. The number of benzene rings is 2. The van der Waals surface area contributed by atoms with Gasteiger partial charge in [0, 0.05) is 12.3 Å². The van der Waals surface area contributed by atoms with Crippen molar-refractivity contribution in [1.29, 1.82) is 0 Å². The average Bonchev–Trinajstić information content (AvgIpc) is 2.57. The molecule has 126 valence electrons. The number of hydrogen-bond donors (Lipinski definition) is 3. The van der Waals surface area contributed by atoms with Crippen molar-refractivity contribution in [2.45, 2.75) is 13.3 Å². The number of esters is 1. The van der Waals surface area contributed by atoms with Crippen molar-refractivity contribution in [1.82, 2.24) is 0 Å². The lowest BCUT2D eigenvalue weighted by Crippen LogP contribution is -2.22. The minimum Gasteiger partial charge on any atom is -0.462 e. The van der Waals surface area contributed by atoms with E-state index in [4.69, 9.17) is 9.84 Å². The Morgan fingerprint density at radius 1 is 1.00 bits per heavy atom. The van der Waals surface area contributed by atoms with Crippen LogP contribution in [0, 0.1) is 0 Å². The molecule has 0 saturated heterocycles. The summed E-state index contributed by atoms with van der Waals surface area (Å²) in [5.41, 5.74) is 2.10. The van der Waals surface area contributed by atoms with Crippen molar-refractivity contribution in [3.05, 3.63) is 59.7 Å². The summed E-state index contributed by atoms with van der Waals surface area (Å²) >= 11 is 0. The third-order valence-corrected chi connectivity index (χ3v) is 3.32. The van der Waals surface area contributed by atoms with E-state index in [9.17, 15) is 9.59 Å². The molecule has 2 aromatic carbocycles. The number of carbonyl (C=O) groups is 2. The molecule has 0 fully saturated rings. The molecule has 0 heterocycles. The van der Waals surface area contributed by atoms with Gasteiger partial charge in [-0.15, -0.1) is 0 Å². The van der Waals surface area contributed by atoms with E-state index >= 15 is 0 Å². The summed E-state index contributed by atoms with van der Waals surface area (Å²) in [6.07, 6.45) is 0.440. The van der Waals surface area contributed by atoms with Crippen LogP contribution in [0.3, 0.4) is 0 Å². The standard InChI is InChI=1S/C18H20N2O4/c1-2-24-17(22)14-8-4-6-10-16(14)20-18(23)19-15-9-5-3-7-13(15)11-12-21/h3-10,21H,2,11-12H2,1H3,(H2,19,20,23). The van der Waals surface area contributed by atoms with Gasteiger partial charge in [0.05, 0.1) is 17.9 Å². The fraction of sp³-hybridized carbons (Fsp3) is 0.222. The quantitative estimate of drug-likeness (QED) is 0.711. The molecule has 0 spiro atoms. The number of hydrogen-bond acceptors (Lipinski definition) is 4. The fourth-order valence-electron chi connectivity index (χ4n) is 2.24. The van der Waals surface area contributed by atoms with Crippen LogP contribution in [0.4, 0.5) is 16.2 Å². The number of aliphatic hydroxyl groups is 1. The second kappa shape index (κ2) is 8.69. The summed E-state index contributed by atoms with van der Waals surface area (Å²) in [5, 5.41) is 14.5. The zero-order valence-corrected chi connectivity index (χ0v) is 13.4. The number of nitrogens with one attached hydrogen (secondary N) is 2. The van der Waals surface area contributed by atoms with Gasteiger partial charge < -0.3 is 20.5 Å². The fourth-order valence-corrected chi connectivity index (χ4v) is 2.24. The minimum atomic E-state index is -0.492. The molecule has 6 heteroatoms. The molecular formula is C18H20N2O4. The van der Waals surface area contributed by atoms with Gasteiger partial charge in [0.1, 0.15) is 0 Å². The number of ether oxygens (including phenoxy) is 1. The van der Waals surface area contributed by atoms with Gasteiger partial charge in [-0.1, -0.05) is 30.3 Å². The third kappa shape index (κ3) is 4.57. The lowest BCUT2D eigenvalue weighted by atomic mass is 10.1. The Labute approximate surface area is 140 Å². The van der Waals surface area contributed by atoms with Crippen molar-refractivity contribution in [2.75, 3.05) is 23.8 Å². The summed E-state index contributed by atoms with van der Waals surface area (Å²) in [6.45, 7) is 1.97. The van der Waals surface area contributed by atoms with Gasteiger partial charge in [-0.2, -0.15) is 0 Å². The molecule has 24 heavy (non-hydrogen) atoms. The van der Waals surface area contributed by atoms with Gasteiger partial charge in [-0.25, -0.2) is 9.59 Å². The Hall–Kier alpha value is -2.86. The molecule has 0 atom stereocenters. The Balaban J connectivity index is 2.12. The summed E-state index contributed by atoms with van der Waals surface area (Å²) in [4.78, 5) is 24.2. The van der Waals surface area contributed by atoms with E-state index < -0.39 is 12.0 Å². The molecule has 2 rings (SSSR count). The van der Waals surface area contributed by atoms with Gasteiger partial charge in [-0.3, -0.25) is 0 Å². The molecule has 2 aromatic rings. The molecule has 2 amide bonds. The normalized spacial score (nSPS) is 10.1. The number of para-hydroxylation sites is 2. The van der Waals surface area contributed by atoms with E-state index in [2.05, 4.69) is 10.6 Å². The molecule has 3 N–H and O–H groups in total. The highest BCUT2D eigenvalue weighted by Gasteiger charge is 2.14. The monoisotopic (exact) mass is 328 g/mol. The number of rotatable bonds is 6. The number of carbonyl (C=O) groups excluding carboxylic acids is 2. The van der Waals surface area contributed by atoms with Crippen LogP contribution in [-0.4, -0.2) is 30.3 Å². The van der Waals surface area contributed by atoms with Gasteiger partial charge in [0.2, 0.25) is 0 Å². The number of urea groups is 1. The van der Waals surface area contributed by atoms with Crippen LogP contribution in [-0.2, 0) is 11.2 Å². The Morgan fingerprint density at radius 3 is 2.33 bits per heavy atom. The maximum Gasteiger partial charge on any atom is 0.340 e. The average molecular weight is 328 g/mol. The number of anilines is 2. The van der Waals surface area contributed by atoms with Crippen LogP contribution in [0.15, 0.2) is 48.5 Å². The van der Waals surface area contributed by atoms with Crippen LogP contribution in [0.2, 0.25) is 0 Å². The molecule has 0 bridgehead atoms. The van der Waals surface area contributed by atoms with Crippen LogP contribution in [0.25, 0.3) is 0 Å². The lowest BCUT2D eigenvalue weighted by molar-refractivity contribution is 0.0527. The molecule has 0 radical (unpaired) electrons. The van der Waals surface area contributed by atoms with Crippen LogP contribution in [0.1, 0.15) is 22.8 Å². The second-order valence-electron chi connectivity index (χ2n) is 4.98. The van der Waals surface area contributed by atoms with E-state index in [1.54, 1.807) is 43.3 Å². The van der Waals surface area contributed by atoms with Gasteiger partial charge >= 0.3 is 12.0 Å². The first-order valence-corrected chi connectivity index (χ1v) is 7.68. The summed E-state index contributed by atoms with van der Waals surface area (Å²) in [5.74, 6) is -0.492. The smallest absolute Gasteiger partial charge is 0.340 e. The third-order valence-electron chi connectivity index (χ3n) is 3.32. The predicted octanol–water partition coefficient (Wildman–Crippen LogP) is 3.04. The van der Waals surface area contributed by atoms with Crippen LogP contribution >= 0.6 is 0 Å². The number of amides is 2. The SMILES string of the molecule is CCOC(=O)c1ccccc1NC(=O)Nc1ccccc1CCO. The first-order chi connectivity index (χ1) is 11.7. The molecule has 0 aliphatic carbocycles. The highest BCUT2D eigenvalue weighted by Crippen LogP contribution is 2.19. The van der Waals surface area contributed by atoms with E-state index in [0.29, 0.717) is 17.8 Å². The van der Waals surface area contributed by atoms with Gasteiger partial charge in [0.25, 0.3) is 0 Å². The van der Waals surface area contributed by atoms with Gasteiger partial charge in [0.15, 0.2) is 0 Å². The minimum absolute atomic E-state index is 0.00793. The Morgan fingerprint density at radius 2 is 1.62 bits per heavy atom.